The van der Waals surface area contributed by atoms with Crippen molar-refractivity contribution in [1.82, 2.24) is 5.32 Å². The molecule has 7 heteroatoms. The van der Waals surface area contributed by atoms with Crippen LogP contribution in [0, 0.1) is 4.91 Å². The average Bonchev–Trinajstić information content (AvgIpc) is 2.36. The first kappa shape index (κ1) is 16.6. The second-order valence-corrected chi connectivity index (χ2v) is 5.50. The largest absolute Gasteiger partial charge is 0.480 e. The van der Waals surface area contributed by atoms with Crippen LogP contribution in [-0.4, -0.2) is 28.8 Å². The summed E-state index contributed by atoms with van der Waals surface area (Å²) in [6.45, 7) is 5.06. The molecule has 0 saturated heterocycles. The number of alkyl carbamates (subject to hydrolysis) is 1. The van der Waals surface area contributed by atoms with Crippen LogP contribution in [-0.2, 0) is 16.0 Å². The minimum atomic E-state index is -1.17. The minimum Gasteiger partial charge on any atom is -0.480 e. The van der Waals surface area contributed by atoms with Gasteiger partial charge < -0.3 is 15.2 Å². The lowest BCUT2D eigenvalue weighted by molar-refractivity contribution is -0.139. The number of hydrogen-bond donors (Lipinski definition) is 2. The van der Waals surface area contributed by atoms with Crippen LogP contribution < -0.4 is 5.32 Å². The summed E-state index contributed by atoms with van der Waals surface area (Å²) in [6.07, 6.45) is -0.714. The zero-order valence-corrected chi connectivity index (χ0v) is 12.1. The van der Waals surface area contributed by atoms with Crippen molar-refractivity contribution >= 4 is 17.7 Å². The molecular weight excluding hydrogens is 276 g/mol. The Hall–Kier alpha value is -2.44. The number of nitrogens with zero attached hydrogens (tertiary/aromatic N) is 1. The second kappa shape index (κ2) is 6.83. The average molecular weight is 294 g/mol. The number of amides is 1. The summed E-state index contributed by atoms with van der Waals surface area (Å²) in [7, 11) is 0. The Labute approximate surface area is 122 Å². The van der Waals surface area contributed by atoms with Crippen LogP contribution in [0.25, 0.3) is 0 Å². The summed E-state index contributed by atoms with van der Waals surface area (Å²) in [6, 6.07) is 5.02. The van der Waals surface area contributed by atoms with E-state index in [0.29, 0.717) is 5.56 Å². The molecule has 0 heterocycles. The molecule has 2 N–H and O–H groups in total. The number of hydrogen-bond acceptors (Lipinski definition) is 5. The highest BCUT2D eigenvalue weighted by Gasteiger charge is 2.24. The lowest BCUT2D eigenvalue weighted by atomic mass is 10.1. The van der Waals surface area contributed by atoms with E-state index in [1.54, 1.807) is 32.9 Å². The van der Waals surface area contributed by atoms with Gasteiger partial charge >= 0.3 is 12.1 Å². The van der Waals surface area contributed by atoms with Crippen LogP contribution in [0.1, 0.15) is 26.3 Å². The molecule has 1 atom stereocenters. The van der Waals surface area contributed by atoms with Gasteiger partial charge in [-0.1, -0.05) is 12.1 Å². The molecule has 1 rings (SSSR count). The van der Waals surface area contributed by atoms with Gasteiger partial charge in [-0.25, -0.2) is 9.59 Å². The molecule has 0 bridgehead atoms. The standard InChI is InChI=1S/C14H18N2O5/c1-14(2,3)21-13(19)15-11(12(17)18)8-9-4-6-10(16-20)7-5-9/h4-7,11H,8H2,1-3H3,(H,15,19)(H,17,18)/t11-/m0/s1. The number of aliphatic carboxylic acids is 1. The monoisotopic (exact) mass is 294 g/mol. The van der Waals surface area contributed by atoms with E-state index in [2.05, 4.69) is 10.5 Å². The highest BCUT2D eigenvalue weighted by Crippen LogP contribution is 2.14. The van der Waals surface area contributed by atoms with Gasteiger partial charge in [0.1, 0.15) is 17.3 Å². The molecule has 1 aromatic rings. The Bertz CT molecular complexity index is 519. The number of nitrogens with one attached hydrogen (secondary N) is 1. The molecule has 0 spiro atoms. The van der Waals surface area contributed by atoms with Gasteiger partial charge in [-0.3, -0.25) is 0 Å². The summed E-state index contributed by atoms with van der Waals surface area (Å²) in [4.78, 5) is 33.1. The van der Waals surface area contributed by atoms with Crippen LogP contribution >= 0.6 is 0 Å². The Kier molecular flexibility index (Phi) is 5.40. The minimum absolute atomic E-state index is 0.0771. The second-order valence-electron chi connectivity index (χ2n) is 5.50. The molecule has 1 aromatic carbocycles. The zero-order chi connectivity index (χ0) is 16.0. The van der Waals surface area contributed by atoms with Crippen molar-refractivity contribution in [3.05, 3.63) is 34.7 Å². The first-order valence-electron chi connectivity index (χ1n) is 6.36. The maximum atomic E-state index is 11.6. The van der Waals surface area contributed by atoms with Gasteiger partial charge in [0.25, 0.3) is 0 Å². The smallest absolute Gasteiger partial charge is 0.408 e. The lowest BCUT2D eigenvalue weighted by Gasteiger charge is -2.22. The van der Waals surface area contributed by atoms with Gasteiger partial charge in [0.05, 0.1) is 0 Å². The molecule has 21 heavy (non-hydrogen) atoms. The van der Waals surface area contributed by atoms with E-state index in [4.69, 9.17) is 9.84 Å². The van der Waals surface area contributed by atoms with Gasteiger partial charge in [-0.2, -0.15) is 0 Å². The van der Waals surface area contributed by atoms with Gasteiger partial charge in [0.2, 0.25) is 0 Å². The van der Waals surface area contributed by atoms with Crippen molar-refractivity contribution in [3.8, 4) is 0 Å². The Morgan fingerprint density at radius 1 is 1.29 bits per heavy atom. The number of nitroso groups, excluding NO2 is 1. The number of rotatable bonds is 5. The number of benzene rings is 1. The van der Waals surface area contributed by atoms with Crippen LogP contribution in [0.15, 0.2) is 29.4 Å². The number of ether oxygens (including phenoxy) is 1. The first-order valence-corrected chi connectivity index (χ1v) is 6.36. The molecule has 1 amide bonds. The molecule has 0 aliphatic carbocycles. The van der Waals surface area contributed by atoms with E-state index in [9.17, 15) is 14.5 Å². The van der Waals surface area contributed by atoms with Gasteiger partial charge in [-0.05, 0) is 43.6 Å². The Morgan fingerprint density at radius 3 is 2.29 bits per heavy atom. The van der Waals surface area contributed by atoms with Crippen LogP contribution in [0.2, 0.25) is 0 Å². The van der Waals surface area contributed by atoms with E-state index >= 15 is 0 Å². The van der Waals surface area contributed by atoms with Gasteiger partial charge in [-0.15, -0.1) is 4.91 Å². The fourth-order valence-electron chi connectivity index (χ4n) is 1.58. The number of carboxylic acid groups (broad SMARTS) is 1. The van der Waals surface area contributed by atoms with Crippen LogP contribution in [0.4, 0.5) is 10.5 Å². The van der Waals surface area contributed by atoms with Crippen molar-refractivity contribution in [2.75, 3.05) is 0 Å². The third-order valence-electron chi connectivity index (χ3n) is 2.47. The predicted molar refractivity (Wildman–Crippen MR) is 76.4 cm³/mol. The normalized spacial score (nSPS) is 12.3. The van der Waals surface area contributed by atoms with Crippen molar-refractivity contribution in [3.63, 3.8) is 0 Å². The molecule has 0 radical (unpaired) electrons. The molecule has 0 unspecified atom stereocenters. The maximum Gasteiger partial charge on any atom is 0.408 e. The SMILES string of the molecule is CC(C)(C)OC(=O)N[C@@H](Cc1ccc(N=O)cc1)C(=O)O. The van der Waals surface area contributed by atoms with E-state index in [1.165, 1.54) is 12.1 Å². The lowest BCUT2D eigenvalue weighted by Crippen LogP contribution is -2.44. The summed E-state index contributed by atoms with van der Waals surface area (Å²) >= 11 is 0. The third-order valence-corrected chi connectivity index (χ3v) is 2.47. The highest BCUT2D eigenvalue weighted by molar-refractivity contribution is 5.80. The van der Waals surface area contributed by atoms with E-state index in [0.717, 1.165) is 0 Å². The van der Waals surface area contributed by atoms with E-state index in [1.807, 2.05) is 0 Å². The maximum absolute atomic E-state index is 11.6. The summed E-state index contributed by atoms with van der Waals surface area (Å²) in [5, 5.41) is 14.2. The molecular formula is C14H18N2O5. The summed E-state index contributed by atoms with van der Waals surface area (Å²) in [5.74, 6) is -1.17. The topological polar surface area (TPSA) is 105 Å². The van der Waals surface area contributed by atoms with Crippen molar-refractivity contribution in [2.45, 2.75) is 38.8 Å². The van der Waals surface area contributed by atoms with Crippen molar-refractivity contribution in [2.24, 2.45) is 5.18 Å². The Morgan fingerprint density at radius 2 is 1.86 bits per heavy atom. The molecule has 0 fully saturated rings. The quantitative estimate of drug-likeness (QED) is 0.812. The molecule has 0 aromatic heterocycles. The van der Waals surface area contributed by atoms with Crippen molar-refractivity contribution < 1.29 is 19.4 Å². The fourth-order valence-corrected chi connectivity index (χ4v) is 1.58. The van der Waals surface area contributed by atoms with Gasteiger partial charge in [0, 0.05) is 6.42 Å². The highest BCUT2D eigenvalue weighted by atomic mass is 16.6. The number of carbonyl (C=O) groups excluding carboxylic acids is 1. The first-order chi connectivity index (χ1) is 9.71. The van der Waals surface area contributed by atoms with E-state index in [-0.39, 0.29) is 12.1 Å². The third kappa shape index (κ3) is 6.03. The van der Waals surface area contributed by atoms with Crippen LogP contribution in [0.5, 0.6) is 0 Å². The summed E-state index contributed by atoms with van der Waals surface area (Å²) < 4.78 is 5.02. The van der Waals surface area contributed by atoms with Crippen molar-refractivity contribution in [1.29, 1.82) is 0 Å². The number of carbonyl (C=O) groups is 2. The van der Waals surface area contributed by atoms with E-state index < -0.39 is 23.7 Å². The van der Waals surface area contributed by atoms with Gasteiger partial charge in [0.15, 0.2) is 0 Å². The number of carboxylic acids is 1. The predicted octanol–water partition coefficient (Wildman–Crippen LogP) is 2.60. The fraction of sp³-hybridized carbons (Fsp3) is 0.429. The zero-order valence-electron chi connectivity index (χ0n) is 12.1. The molecule has 114 valence electrons. The summed E-state index contributed by atoms with van der Waals surface area (Å²) in [5.41, 5.74) is 0.210. The molecule has 0 aliphatic rings. The van der Waals surface area contributed by atoms with Crippen LogP contribution in [0.3, 0.4) is 0 Å². The molecule has 0 aliphatic heterocycles. The Balaban J connectivity index is 2.71. The molecule has 7 nitrogen and oxygen atoms in total. The molecule has 0 saturated carbocycles.